The zero-order valence-electron chi connectivity index (χ0n) is 8.85. The molecule has 1 rings (SSSR count). The van der Waals surface area contributed by atoms with E-state index in [0.29, 0.717) is 19.5 Å². The highest BCUT2D eigenvalue weighted by molar-refractivity contribution is 5.80. The average molecular weight is 212 g/mol. The summed E-state index contributed by atoms with van der Waals surface area (Å²) in [7, 11) is 0. The van der Waals surface area contributed by atoms with Crippen molar-refractivity contribution >= 4 is 5.91 Å². The lowest BCUT2D eigenvalue weighted by Gasteiger charge is -2.10. The highest BCUT2D eigenvalue weighted by atomic mass is 16.5. The molecule has 0 radical (unpaired) electrons. The molecule has 1 fully saturated rings. The second-order valence-corrected chi connectivity index (χ2v) is 3.61. The van der Waals surface area contributed by atoms with Crippen molar-refractivity contribution in [3.63, 3.8) is 0 Å². The van der Waals surface area contributed by atoms with Gasteiger partial charge in [0, 0.05) is 18.0 Å². The summed E-state index contributed by atoms with van der Waals surface area (Å²) >= 11 is 0. The Kier molecular flexibility index (Phi) is 4.93. The van der Waals surface area contributed by atoms with Crippen molar-refractivity contribution in [1.82, 2.24) is 5.32 Å². The third kappa shape index (κ3) is 4.18. The first kappa shape index (κ1) is 11.8. The minimum absolute atomic E-state index is 0.0553. The minimum Gasteiger partial charge on any atom is -0.365 e. The van der Waals surface area contributed by atoms with E-state index in [1.807, 2.05) is 6.92 Å². The summed E-state index contributed by atoms with van der Waals surface area (Å²) in [5.41, 5.74) is 8.03. The van der Waals surface area contributed by atoms with Gasteiger partial charge in [0.15, 0.2) is 0 Å². The van der Waals surface area contributed by atoms with Gasteiger partial charge in [-0.2, -0.15) is 0 Å². The van der Waals surface area contributed by atoms with E-state index in [1.165, 1.54) is 0 Å². The molecule has 84 valence electrons. The lowest BCUT2D eigenvalue weighted by Crippen LogP contribution is -2.35. The first-order valence-corrected chi connectivity index (χ1v) is 5.18. The SMILES string of the molecule is CC1CCC(C(=O)NCCCN=[N+]=[N-])O1. The second kappa shape index (κ2) is 6.27. The Bertz CT molecular complexity index is 263. The number of carbonyl (C=O) groups is 1. The van der Waals surface area contributed by atoms with E-state index in [-0.39, 0.29) is 18.1 Å². The highest BCUT2D eigenvalue weighted by Crippen LogP contribution is 2.18. The quantitative estimate of drug-likeness (QED) is 0.323. The van der Waals surface area contributed by atoms with Crippen LogP contribution in [0.15, 0.2) is 5.11 Å². The smallest absolute Gasteiger partial charge is 0.249 e. The van der Waals surface area contributed by atoms with Gasteiger partial charge in [0.05, 0.1) is 6.10 Å². The van der Waals surface area contributed by atoms with Crippen LogP contribution < -0.4 is 5.32 Å². The topological polar surface area (TPSA) is 87.1 Å². The minimum atomic E-state index is -0.292. The van der Waals surface area contributed by atoms with Gasteiger partial charge in [-0.15, -0.1) is 0 Å². The monoisotopic (exact) mass is 212 g/mol. The van der Waals surface area contributed by atoms with Crippen LogP contribution in [0.3, 0.4) is 0 Å². The number of nitrogens with one attached hydrogen (secondary N) is 1. The van der Waals surface area contributed by atoms with Crippen LogP contribution in [0, 0.1) is 0 Å². The van der Waals surface area contributed by atoms with Gasteiger partial charge in [0.2, 0.25) is 5.91 Å². The fourth-order valence-corrected chi connectivity index (χ4v) is 1.52. The van der Waals surface area contributed by atoms with Crippen LogP contribution in [-0.4, -0.2) is 31.2 Å². The van der Waals surface area contributed by atoms with Crippen molar-refractivity contribution in [2.24, 2.45) is 5.11 Å². The summed E-state index contributed by atoms with van der Waals surface area (Å²) in [6.45, 7) is 2.92. The molecule has 1 aliphatic heterocycles. The van der Waals surface area contributed by atoms with Crippen LogP contribution >= 0.6 is 0 Å². The molecule has 0 aromatic carbocycles. The highest BCUT2D eigenvalue weighted by Gasteiger charge is 2.27. The Hall–Kier alpha value is -1.26. The Morgan fingerprint density at radius 3 is 3.07 bits per heavy atom. The van der Waals surface area contributed by atoms with Gasteiger partial charge in [0.1, 0.15) is 6.10 Å². The maximum atomic E-state index is 11.5. The molecule has 15 heavy (non-hydrogen) atoms. The van der Waals surface area contributed by atoms with Crippen molar-refractivity contribution in [3.8, 4) is 0 Å². The third-order valence-electron chi connectivity index (χ3n) is 2.32. The fraction of sp³-hybridized carbons (Fsp3) is 0.889. The van der Waals surface area contributed by atoms with Crippen molar-refractivity contribution in [3.05, 3.63) is 10.4 Å². The lowest BCUT2D eigenvalue weighted by molar-refractivity contribution is -0.131. The van der Waals surface area contributed by atoms with Gasteiger partial charge in [0.25, 0.3) is 0 Å². The summed E-state index contributed by atoms with van der Waals surface area (Å²) in [5, 5.41) is 6.13. The molecule has 1 N–H and O–H groups in total. The third-order valence-corrected chi connectivity index (χ3v) is 2.32. The number of hydrogen-bond acceptors (Lipinski definition) is 3. The summed E-state index contributed by atoms with van der Waals surface area (Å²) in [5.74, 6) is -0.0553. The van der Waals surface area contributed by atoms with Crippen molar-refractivity contribution in [2.45, 2.75) is 38.4 Å². The molecular weight excluding hydrogens is 196 g/mol. The molecule has 1 saturated heterocycles. The maximum Gasteiger partial charge on any atom is 0.249 e. The van der Waals surface area contributed by atoms with Crippen LogP contribution in [0.4, 0.5) is 0 Å². The molecular formula is C9H16N4O2. The first-order valence-electron chi connectivity index (χ1n) is 5.18. The van der Waals surface area contributed by atoms with E-state index < -0.39 is 0 Å². The van der Waals surface area contributed by atoms with Gasteiger partial charge >= 0.3 is 0 Å². The largest absolute Gasteiger partial charge is 0.365 e. The molecule has 1 amide bonds. The van der Waals surface area contributed by atoms with E-state index in [1.54, 1.807) is 0 Å². The van der Waals surface area contributed by atoms with E-state index in [2.05, 4.69) is 15.3 Å². The Balaban J connectivity index is 2.10. The zero-order valence-corrected chi connectivity index (χ0v) is 8.85. The van der Waals surface area contributed by atoms with Crippen LogP contribution in [0.1, 0.15) is 26.2 Å². The Morgan fingerprint density at radius 1 is 1.67 bits per heavy atom. The van der Waals surface area contributed by atoms with Crippen molar-refractivity contribution in [2.75, 3.05) is 13.1 Å². The summed E-state index contributed by atoms with van der Waals surface area (Å²) in [6, 6.07) is 0. The molecule has 0 spiro atoms. The lowest BCUT2D eigenvalue weighted by atomic mass is 10.2. The molecule has 0 aromatic heterocycles. The van der Waals surface area contributed by atoms with Crippen LogP contribution in [0.2, 0.25) is 0 Å². The van der Waals surface area contributed by atoms with E-state index >= 15 is 0 Å². The molecule has 1 aliphatic rings. The van der Waals surface area contributed by atoms with Crippen LogP contribution in [-0.2, 0) is 9.53 Å². The van der Waals surface area contributed by atoms with E-state index in [4.69, 9.17) is 10.3 Å². The second-order valence-electron chi connectivity index (χ2n) is 3.61. The number of ether oxygens (including phenoxy) is 1. The molecule has 1 heterocycles. The fourth-order valence-electron chi connectivity index (χ4n) is 1.52. The number of azide groups is 1. The number of amides is 1. The molecule has 0 aliphatic carbocycles. The van der Waals surface area contributed by atoms with Gasteiger partial charge in [-0.1, -0.05) is 5.11 Å². The number of carbonyl (C=O) groups excluding carboxylic acids is 1. The molecule has 0 bridgehead atoms. The van der Waals surface area contributed by atoms with Gasteiger partial charge < -0.3 is 10.1 Å². The zero-order chi connectivity index (χ0) is 11.1. The predicted molar refractivity (Wildman–Crippen MR) is 55.2 cm³/mol. The van der Waals surface area contributed by atoms with Crippen molar-refractivity contribution < 1.29 is 9.53 Å². The molecule has 6 heteroatoms. The van der Waals surface area contributed by atoms with E-state index in [0.717, 1.165) is 12.8 Å². The van der Waals surface area contributed by atoms with Crippen molar-refractivity contribution in [1.29, 1.82) is 0 Å². The summed E-state index contributed by atoms with van der Waals surface area (Å²) in [4.78, 5) is 14.1. The Morgan fingerprint density at radius 2 is 2.47 bits per heavy atom. The molecule has 2 unspecified atom stereocenters. The molecule has 0 saturated carbocycles. The average Bonchev–Trinajstić information content (AvgIpc) is 2.64. The van der Waals surface area contributed by atoms with Gasteiger partial charge in [-0.05, 0) is 31.7 Å². The molecule has 0 aromatic rings. The summed E-state index contributed by atoms with van der Waals surface area (Å²) < 4.78 is 5.41. The van der Waals surface area contributed by atoms with Crippen LogP contribution in [0.25, 0.3) is 10.4 Å². The van der Waals surface area contributed by atoms with Gasteiger partial charge in [-0.25, -0.2) is 0 Å². The number of hydrogen-bond donors (Lipinski definition) is 1. The number of rotatable bonds is 5. The maximum absolute atomic E-state index is 11.5. The van der Waals surface area contributed by atoms with Gasteiger partial charge in [-0.3, -0.25) is 4.79 Å². The first-order chi connectivity index (χ1) is 7.24. The molecule has 2 atom stereocenters. The standard InChI is InChI=1S/C9H16N4O2/c1-7-3-4-8(15-7)9(14)11-5-2-6-12-13-10/h7-8H,2-6H2,1H3,(H,11,14). The Labute approximate surface area is 88.6 Å². The van der Waals surface area contributed by atoms with E-state index in [9.17, 15) is 4.79 Å². The van der Waals surface area contributed by atoms with Crippen LogP contribution in [0.5, 0.6) is 0 Å². The predicted octanol–water partition coefficient (Wildman–Crippen LogP) is 1.37. The molecule has 6 nitrogen and oxygen atoms in total. The normalized spacial score (nSPS) is 24.6. The number of nitrogens with zero attached hydrogens (tertiary/aromatic N) is 3. The summed E-state index contributed by atoms with van der Waals surface area (Å²) in [6.07, 6.45) is 2.29.